The van der Waals surface area contributed by atoms with Gasteiger partial charge in [-0.25, -0.2) is 4.39 Å². The van der Waals surface area contributed by atoms with Crippen LogP contribution in [0.3, 0.4) is 0 Å². The van der Waals surface area contributed by atoms with E-state index >= 15 is 0 Å². The van der Waals surface area contributed by atoms with Crippen LogP contribution in [-0.4, -0.2) is 22.8 Å². The van der Waals surface area contributed by atoms with Gasteiger partial charge in [-0.2, -0.15) is 0 Å². The number of benzene rings is 2. The first-order valence-electron chi connectivity index (χ1n) is 6.78. The molecule has 7 heteroatoms. The second kappa shape index (κ2) is 7.03. The van der Waals surface area contributed by atoms with Crippen molar-refractivity contribution < 1.29 is 14.1 Å². The van der Waals surface area contributed by atoms with Crippen molar-refractivity contribution in [1.82, 2.24) is 4.90 Å². The van der Waals surface area contributed by atoms with E-state index in [0.717, 1.165) is 5.56 Å². The molecule has 120 valence electrons. The molecule has 1 unspecified atom stereocenters. The highest BCUT2D eigenvalue weighted by molar-refractivity contribution is 14.1. The Bertz CT molecular complexity index is 749. The first-order chi connectivity index (χ1) is 10.8. The summed E-state index contributed by atoms with van der Waals surface area (Å²) < 4.78 is 13.6. The highest BCUT2D eigenvalue weighted by Crippen LogP contribution is 2.25. The van der Waals surface area contributed by atoms with Crippen LogP contribution in [0.15, 0.2) is 42.5 Å². The second-order valence-electron chi connectivity index (χ2n) is 5.06. The summed E-state index contributed by atoms with van der Waals surface area (Å²) in [5, 5.41) is 10.9. The fraction of sp³-hybridized carbons (Fsp3) is 0.188. The minimum absolute atomic E-state index is 0.128. The Hall–Kier alpha value is -2.03. The normalized spacial score (nSPS) is 11.8. The number of hydrogen-bond acceptors (Lipinski definition) is 3. The zero-order valence-electron chi connectivity index (χ0n) is 12.5. The predicted octanol–water partition coefficient (Wildman–Crippen LogP) is 4.17. The summed E-state index contributed by atoms with van der Waals surface area (Å²) in [7, 11) is 1.62. The van der Waals surface area contributed by atoms with Gasteiger partial charge in [0.1, 0.15) is 5.82 Å². The topological polar surface area (TPSA) is 63.5 Å². The summed E-state index contributed by atoms with van der Waals surface area (Å²) in [6.07, 6.45) is 0. The molecule has 0 saturated carbocycles. The molecule has 0 spiro atoms. The zero-order valence-corrected chi connectivity index (χ0v) is 14.7. The van der Waals surface area contributed by atoms with Crippen LogP contribution in [0, 0.1) is 19.5 Å². The number of carbonyl (C=O) groups is 1. The third-order valence-corrected chi connectivity index (χ3v) is 4.59. The van der Waals surface area contributed by atoms with Gasteiger partial charge in [0.15, 0.2) is 0 Å². The van der Waals surface area contributed by atoms with Crippen LogP contribution in [-0.2, 0) is 0 Å². The summed E-state index contributed by atoms with van der Waals surface area (Å²) >= 11 is 1.97. The largest absolute Gasteiger partial charge is 0.335 e. The molecule has 0 aliphatic rings. The molecule has 0 saturated heterocycles. The summed E-state index contributed by atoms with van der Waals surface area (Å²) in [6, 6.07) is 9.79. The van der Waals surface area contributed by atoms with Gasteiger partial charge in [-0.05, 0) is 53.3 Å². The molecule has 2 aromatic carbocycles. The molecule has 1 atom stereocenters. The molecule has 2 aromatic rings. The fourth-order valence-electron chi connectivity index (χ4n) is 2.12. The van der Waals surface area contributed by atoms with E-state index in [1.807, 2.05) is 29.5 Å². The molecule has 0 aliphatic heterocycles. The van der Waals surface area contributed by atoms with Crippen molar-refractivity contribution in [2.45, 2.75) is 13.0 Å². The minimum atomic E-state index is -0.531. The number of hydrogen-bond donors (Lipinski definition) is 0. The van der Waals surface area contributed by atoms with Crippen molar-refractivity contribution >= 4 is 34.2 Å². The molecule has 0 aliphatic carbocycles. The molecule has 1 amide bonds. The SMILES string of the molecule is CC(c1ccc(F)cc1)N(C)C(=O)c1cc([N+](=O)[O-])ccc1I. The lowest BCUT2D eigenvalue weighted by atomic mass is 10.1. The third-order valence-electron chi connectivity index (χ3n) is 3.64. The van der Waals surface area contributed by atoms with E-state index in [-0.39, 0.29) is 29.0 Å². The number of rotatable bonds is 4. The summed E-state index contributed by atoms with van der Waals surface area (Å²) in [6.45, 7) is 1.81. The van der Waals surface area contributed by atoms with Gasteiger partial charge in [0.05, 0.1) is 16.5 Å². The van der Waals surface area contributed by atoms with Crippen molar-refractivity contribution in [2.24, 2.45) is 0 Å². The minimum Gasteiger partial charge on any atom is -0.335 e. The smallest absolute Gasteiger partial charge is 0.270 e. The average Bonchev–Trinajstić information content (AvgIpc) is 2.53. The van der Waals surface area contributed by atoms with E-state index in [0.29, 0.717) is 3.57 Å². The Kier molecular flexibility index (Phi) is 5.30. The van der Waals surface area contributed by atoms with E-state index in [1.54, 1.807) is 25.2 Å². The van der Waals surface area contributed by atoms with Crippen LogP contribution < -0.4 is 0 Å². The summed E-state index contributed by atoms with van der Waals surface area (Å²) in [5.41, 5.74) is 0.926. The van der Waals surface area contributed by atoms with Gasteiger partial charge < -0.3 is 4.90 Å². The molecule has 0 radical (unpaired) electrons. The highest BCUT2D eigenvalue weighted by Gasteiger charge is 2.22. The Morgan fingerprint density at radius 2 is 1.87 bits per heavy atom. The molecular formula is C16H14FIN2O3. The van der Waals surface area contributed by atoms with Crippen molar-refractivity contribution in [3.8, 4) is 0 Å². The van der Waals surface area contributed by atoms with Gasteiger partial charge in [0, 0.05) is 22.8 Å². The third kappa shape index (κ3) is 3.84. The van der Waals surface area contributed by atoms with E-state index in [4.69, 9.17) is 0 Å². The standard InChI is InChI=1S/C16H14FIN2O3/c1-10(11-3-5-12(17)6-4-11)19(2)16(21)14-9-13(20(22)23)7-8-15(14)18/h3-10H,1-2H3. The number of non-ortho nitro benzene ring substituents is 1. The van der Waals surface area contributed by atoms with Crippen molar-refractivity contribution in [3.63, 3.8) is 0 Å². The fourth-order valence-corrected chi connectivity index (χ4v) is 2.69. The maximum Gasteiger partial charge on any atom is 0.270 e. The molecule has 0 fully saturated rings. The molecule has 5 nitrogen and oxygen atoms in total. The lowest BCUT2D eigenvalue weighted by Crippen LogP contribution is -2.30. The summed E-state index contributed by atoms with van der Waals surface area (Å²) in [5.74, 6) is -0.668. The van der Waals surface area contributed by atoms with E-state index in [2.05, 4.69) is 0 Å². The lowest BCUT2D eigenvalue weighted by molar-refractivity contribution is -0.384. The Morgan fingerprint density at radius 3 is 2.43 bits per heavy atom. The van der Waals surface area contributed by atoms with Gasteiger partial charge in [0.2, 0.25) is 0 Å². The van der Waals surface area contributed by atoms with E-state index in [1.165, 1.54) is 29.2 Å². The van der Waals surface area contributed by atoms with E-state index in [9.17, 15) is 19.3 Å². The van der Waals surface area contributed by atoms with Crippen LogP contribution in [0.1, 0.15) is 28.9 Å². The number of nitrogens with zero attached hydrogens (tertiary/aromatic N) is 2. The van der Waals surface area contributed by atoms with Crippen LogP contribution in [0.5, 0.6) is 0 Å². The molecule has 0 N–H and O–H groups in total. The quantitative estimate of drug-likeness (QED) is 0.417. The maximum atomic E-state index is 13.0. The van der Waals surface area contributed by atoms with Crippen LogP contribution in [0.4, 0.5) is 10.1 Å². The van der Waals surface area contributed by atoms with Crippen molar-refractivity contribution in [2.75, 3.05) is 7.05 Å². The van der Waals surface area contributed by atoms with Crippen molar-refractivity contribution in [3.05, 3.63) is 73.1 Å². The Morgan fingerprint density at radius 1 is 1.26 bits per heavy atom. The molecular weight excluding hydrogens is 414 g/mol. The average molecular weight is 428 g/mol. The van der Waals surface area contributed by atoms with Gasteiger partial charge in [-0.3, -0.25) is 14.9 Å². The molecule has 23 heavy (non-hydrogen) atoms. The molecule has 0 aromatic heterocycles. The molecule has 0 bridgehead atoms. The number of nitro groups is 1. The van der Waals surface area contributed by atoms with Crippen molar-refractivity contribution in [1.29, 1.82) is 0 Å². The van der Waals surface area contributed by atoms with Gasteiger partial charge >= 0.3 is 0 Å². The maximum absolute atomic E-state index is 13.0. The number of carbonyl (C=O) groups excluding carboxylic acids is 1. The first-order valence-corrected chi connectivity index (χ1v) is 7.85. The zero-order chi connectivity index (χ0) is 17.1. The number of nitro benzene ring substituents is 1. The van der Waals surface area contributed by atoms with Gasteiger partial charge in [-0.1, -0.05) is 12.1 Å². The van der Waals surface area contributed by atoms with Crippen LogP contribution >= 0.6 is 22.6 Å². The monoisotopic (exact) mass is 428 g/mol. The molecule has 0 heterocycles. The van der Waals surface area contributed by atoms with Gasteiger partial charge in [0.25, 0.3) is 11.6 Å². The summed E-state index contributed by atoms with van der Waals surface area (Å²) in [4.78, 5) is 24.5. The second-order valence-corrected chi connectivity index (χ2v) is 6.23. The predicted molar refractivity (Wildman–Crippen MR) is 92.7 cm³/mol. The van der Waals surface area contributed by atoms with Gasteiger partial charge in [-0.15, -0.1) is 0 Å². The number of amides is 1. The Labute approximate surface area is 146 Å². The van der Waals surface area contributed by atoms with Crippen LogP contribution in [0.2, 0.25) is 0 Å². The first kappa shape index (κ1) is 17.3. The molecule has 2 rings (SSSR count). The highest BCUT2D eigenvalue weighted by atomic mass is 127. The lowest BCUT2D eigenvalue weighted by Gasteiger charge is -2.25. The Balaban J connectivity index is 2.30. The van der Waals surface area contributed by atoms with E-state index < -0.39 is 4.92 Å². The number of halogens is 2. The van der Waals surface area contributed by atoms with Crippen LogP contribution in [0.25, 0.3) is 0 Å².